The van der Waals surface area contributed by atoms with E-state index in [4.69, 9.17) is 20.8 Å². The van der Waals surface area contributed by atoms with Crippen LogP contribution in [0, 0.1) is 0 Å². The second-order valence-corrected chi connectivity index (χ2v) is 4.28. The van der Waals surface area contributed by atoms with Crippen LogP contribution in [0.15, 0.2) is 30.3 Å². The number of hydrogen-bond donors (Lipinski definition) is 0. The maximum atomic E-state index is 5.80. The molecular weight excluding hydrogens is 198 g/mol. The minimum Gasteiger partial charge on any atom is -0.390 e. The number of hydrogen-bond acceptors (Lipinski definition) is 2. The highest BCUT2D eigenvalue weighted by molar-refractivity contribution is 6.99. The van der Waals surface area contributed by atoms with Crippen LogP contribution in [0.25, 0.3) is 0 Å². The van der Waals surface area contributed by atoms with Gasteiger partial charge in [0.25, 0.3) is 0 Å². The third-order valence-electron chi connectivity index (χ3n) is 2.37. The highest BCUT2D eigenvalue weighted by atomic mass is 35.5. The molecule has 2 nitrogen and oxygen atoms in total. The van der Waals surface area contributed by atoms with Gasteiger partial charge >= 0.3 is 6.53 Å². The van der Waals surface area contributed by atoms with E-state index < -0.39 is 6.53 Å². The van der Waals surface area contributed by atoms with Crippen molar-refractivity contribution in [3.05, 3.63) is 35.9 Å². The summed E-state index contributed by atoms with van der Waals surface area (Å²) >= 11 is 5.80. The molecule has 74 valence electrons. The van der Waals surface area contributed by atoms with Crippen LogP contribution in [0.4, 0.5) is 0 Å². The second-order valence-electron chi connectivity index (χ2n) is 3.92. The summed E-state index contributed by atoms with van der Waals surface area (Å²) in [7, 11) is 0. The van der Waals surface area contributed by atoms with Gasteiger partial charge in [-0.2, -0.15) is 0 Å². The standard InChI is InChI=1S/C10H12BClO2/c1-10(2)9(13-11(12)14-10)8-6-4-3-5-7-8/h3-7,9H,1-2H3. The fourth-order valence-electron chi connectivity index (χ4n) is 1.71. The Balaban J connectivity index is 2.27. The number of halogens is 1. The van der Waals surface area contributed by atoms with Gasteiger partial charge in [-0.05, 0) is 19.4 Å². The van der Waals surface area contributed by atoms with E-state index in [1.54, 1.807) is 0 Å². The van der Waals surface area contributed by atoms with Gasteiger partial charge < -0.3 is 9.31 Å². The normalized spacial score (nSPS) is 25.4. The maximum absolute atomic E-state index is 5.80. The molecule has 4 heteroatoms. The zero-order valence-electron chi connectivity index (χ0n) is 8.24. The molecule has 1 saturated heterocycles. The summed E-state index contributed by atoms with van der Waals surface area (Å²) < 4.78 is 11.0. The molecule has 1 aromatic carbocycles. The lowest BCUT2D eigenvalue weighted by molar-refractivity contribution is 0.0729. The summed E-state index contributed by atoms with van der Waals surface area (Å²) in [6.45, 7) is 3.32. The van der Waals surface area contributed by atoms with Crippen molar-refractivity contribution in [1.29, 1.82) is 0 Å². The van der Waals surface area contributed by atoms with Crippen LogP contribution in [0.1, 0.15) is 25.5 Å². The summed E-state index contributed by atoms with van der Waals surface area (Å²) in [5.41, 5.74) is 0.731. The third kappa shape index (κ3) is 1.80. The molecule has 1 atom stereocenters. The lowest BCUT2D eigenvalue weighted by atomic mass is 9.95. The van der Waals surface area contributed by atoms with Crippen molar-refractivity contribution in [2.75, 3.05) is 0 Å². The van der Waals surface area contributed by atoms with Crippen molar-refractivity contribution in [2.24, 2.45) is 0 Å². The Morgan fingerprint density at radius 1 is 1.29 bits per heavy atom. The van der Waals surface area contributed by atoms with Crippen molar-refractivity contribution in [3.8, 4) is 0 Å². The SMILES string of the molecule is CC1(C)OB(Cl)OC1c1ccccc1. The van der Waals surface area contributed by atoms with Gasteiger partial charge in [-0.1, -0.05) is 30.3 Å². The van der Waals surface area contributed by atoms with Gasteiger partial charge in [-0.25, -0.2) is 0 Å². The van der Waals surface area contributed by atoms with Crippen LogP contribution >= 0.6 is 11.5 Å². The van der Waals surface area contributed by atoms with Crippen molar-refractivity contribution < 1.29 is 9.31 Å². The molecular formula is C10H12BClO2. The van der Waals surface area contributed by atoms with E-state index in [2.05, 4.69) is 0 Å². The molecule has 1 fully saturated rings. The Morgan fingerprint density at radius 2 is 1.93 bits per heavy atom. The molecule has 1 aliphatic rings. The lowest BCUT2D eigenvalue weighted by Gasteiger charge is -2.25. The average molecular weight is 210 g/mol. The first-order valence-electron chi connectivity index (χ1n) is 4.62. The lowest BCUT2D eigenvalue weighted by Crippen LogP contribution is -2.26. The van der Waals surface area contributed by atoms with Gasteiger partial charge in [-0.15, -0.1) is 11.5 Å². The summed E-state index contributed by atoms with van der Waals surface area (Å²) in [5.74, 6) is 0. The van der Waals surface area contributed by atoms with Gasteiger partial charge in [0.1, 0.15) is 0 Å². The van der Waals surface area contributed by atoms with E-state index in [-0.39, 0.29) is 11.7 Å². The predicted octanol–water partition coefficient (Wildman–Crippen LogP) is 2.78. The summed E-state index contributed by atoms with van der Waals surface area (Å²) in [6, 6.07) is 9.98. The minimum atomic E-state index is -0.643. The van der Waals surface area contributed by atoms with E-state index in [1.165, 1.54) is 0 Å². The Kier molecular flexibility index (Phi) is 2.56. The third-order valence-corrected chi connectivity index (χ3v) is 2.57. The fraction of sp³-hybridized carbons (Fsp3) is 0.400. The molecule has 2 rings (SSSR count). The first-order valence-corrected chi connectivity index (χ1v) is 5.05. The molecule has 14 heavy (non-hydrogen) atoms. The van der Waals surface area contributed by atoms with Crippen LogP contribution in [-0.4, -0.2) is 12.1 Å². The van der Waals surface area contributed by atoms with E-state index in [0.29, 0.717) is 0 Å². The number of benzene rings is 1. The quantitative estimate of drug-likeness (QED) is 0.664. The molecule has 1 unspecified atom stereocenters. The first-order chi connectivity index (χ1) is 6.59. The fourth-order valence-corrected chi connectivity index (χ4v) is 2.04. The molecule has 1 aromatic rings. The molecule has 0 amide bonds. The molecule has 1 heterocycles. The molecule has 0 N–H and O–H groups in total. The predicted molar refractivity (Wildman–Crippen MR) is 57.0 cm³/mol. The Bertz CT molecular complexity index is 315. The van der Waals surface area contributed by atoms with Gasteiger partial charge in [0.15, 0.2) is 0 Å². The second kappa shape index (κ2) is 3.57. The zero-order chi connectivity index (χ0) is 10.2. The smallest absolute Gasteiger partial charge is 0.390 e. The van der Waals surface area contributed by atoms with E-state index in [1.807, 2.05) is 44.2 Å². The van der Waals surface area contributed by atoms with Crippen molar-refractivity contribution in [3.63, 3.8) is 0 Å². The first kappa shape index (κ1) is 10.0. The van der Waals surface area contributed by atoms with Gasteiger partial charge in [0.05, 0.1) is 11.7 Å². The van der Waals surface area contributed by atoms with Crippen molar-refractivity contribution in [2.45, 2.75) is 25.6 Å². The van der Waals surface area contributed by atoms with Crippen LogP contribution in [-0.2, 0) is 9.31 Å². The number of rotatable bonds is 1. The maximum Gasteiger partial charge on any atom is 0.572 e. The Hall–Kier alpha value is -0.505. The highest BCUT2D eigenvalue weighted by Gasteiger charge is 2.45. The Labute approximate surface area is 89.2 Å². The molecule has 1 aliphatic heterocycles. The van der Waals surface area contributed by atoms with E-state index in [9.17, 15) is 0 Å². The largest absolute Gasteiger partial charge is 0.572 e. The van der Waals surface area contributed by atoms with E-state index in [0.717, 1.165) is 5.56 Å². The van der Waals surface area contributed by atoms with Gasteiger partial charge in [-0.3, -0.25) is 0 Å². The zero-order valence-corrected chi connectivity index (χ0v) is 8.99. The van der Waals surface area contributed by atoms with Crippen LogP contribution in [0.2, 0.25) is 0 Å². The summed E-state index contributed by atoms with van der Waals surface area (Å²) in [5, 5.41) is 0. The molecule has 0 aromatic heterocycles. The monoisotopic (exact) mass is 210 g/mol. The van der Waals surface area contributed by atoms with E-state index >= 15 is 0 Å². The summed E-state index contributed by atoms with van der Waals surface area (Å²) in [4.78, 5) is 0. The van der Waals surface area contributed by atoms with Crippen molar-refractivity contribution in [1.82, 2.24) is 0 Å². The van der Waals surface area contributed by atoms with Gasteiger partial charge in [0, 0.05) is 0 Å². The molecule has 0 saturated carbocycles. The molecule has 0 spiro atoms. The van der Waals surface area contributed by atoms with Crippen LogP contribution in [0.3, 0.4) is 0 Å². The Morgan fingerprint density at radius 3 is 2.43 bits per heavy atom. The summed E-state index contributed by atoms with van der Waals surface area (Å²) in [6.07, 6.45) is -0.0915. The minimum absolute atomic E-state index is 0.0915. The highest BCUT2D eigenvalue weighted by Crippen LogP contribution is 2.39. The molecule has 0 radical (unpaired) electrons. The average Bonchev–Trinajstić information content (AvgIpc) is 2.41. The topological polar surface area (TPSA) is 18.5 Å². The van der Waals surface area contributed by atoms with Gasteiger partial charge in [0.2, 0.25) is 0 Å². The molecule has 0 aliphatic carbocycles. The van der Waals surface area contributed by atoms with Crippen molar-refractivity contribution >= 4 is 18.0 Å². The van der Waals surface area contributed by atoms with Crippen LogP contribution < -0.4 is 0 Å². The molecule has 0 bridgehead atoms. The van der Waals surface area contributed by atoms with Crippen LogP contribution in [0.5, 0.6) is 0 Å².